The lowest BCUT2D eigenvalue weighted by atomic mass is 10.00. The molecular weight excluding hydrogens is 322 g/mol. The number of hydrogen-bond acceptors (Lipinski definition) is 2. The van der Waals surface area contributed by atoms with Crippen LogP contribution in [0.25, 0.3) is 11.3 Å². The molecule has 1 aliphatic carbocycles. The molecule has 0 saturated heterocycles. The zero-order valence-electron chi connectivity index (χ0n) is 13.0. The first kappa shape index (κ1) is 14.9. The van der Waals surface area contributed by atoms with Gasteiger partial charge in [-0.2, -0.15) is 0 Å². The lowest BCUT2D eigenvalue weighted by molar-refractivity contribution is -0.116. The second-order valence-corrected chi connectivity index (χ2v) is 6.47. The van der Waals surface area contributed by atoms with Crippen molar-refractivity contribution in [3.8, 4) is 0 Å². The molecule has 0 spiro atoms. The van der Waals surface area contributed by atoms with Gasteiger partial charge in [-0.05, 0) is 35.8 Å². The van der Waals surface area contributed by atoms with Gasteiger partial charge in [0, 0.05) is 11.4 Å². The number of Topliss-reactive ketones (excluding diaryl/α,β-unsaturated/α-hetero) is 1. The van der Waals surface area contributed by atoms with Gasteiger partial charge >= 0.3 is 0 Å². The number of halogens is 1. The molecule has 1 amide bonds. The third-order valence-electron chi connectivity index (χ3n) is 4.42. The number of allylic oxidation sites excluding steroid dienone is 1. The first-order valence-corrected chi connectivity index (χ1v) is 8.08. The first-order valence-electron chi connectivity index (χ1n) is 7.70. The number of carbonyl (C=O) groups excluding carboxylic acids is 2. The molecule has 2 aromatic carbocycles. The number of fused-ring (bicyclic) bond motifs is 1. The van der Waals surface area contributed by atoms with E-state index in [1.165, 1.54) is 0 Å². The molecule has 1 N–H and O–H groups in total. The molecule has 0 fully saturated rings. The molecular formula is C20H14ClNO2. The first-order chi connectivity index (χ1) is 11.5. The Morgan fingerprint density at radius 3 is 2.17 bits per heavy atom. The Morgan fingerprint density at radius 1 is 0.875 bits per heavy atom. The van der Waals surface area contributed by atoms with Gasteiger partial charge in [0.25, 0.3) is 5.91 Å². The second-order valence-electron chi connectivity index (χ2n) is 6.03. The predicted molar refractivity (Wildman–Crippen MR) is 94.2 cm³/mol. The molecule has 0 atom stereocenters. The van der Waals surface area contributed by atoms with Crippen LogP contribution in [0.3, 0.4) is 0 Å². The van der Waals surface area contributed by atoms with Crippen LogP contribution >= 0.6 is 11.6 Å². The molecule has 3 nitrogen and oxygen atoms in total. The van der Waals surface area contributed by atoms with Crippen molar-refractivity contribution in [2.45, 2.75) is 13.3 Å². The molecule has 1 aliphatic heterocycles. The van der Waals surface area contributed by atoms with Crippen LogP contribution in [0, 0.1) is 6.92 Å². The molecule has 0 radical (unpaired) electrons. The molecule has 0 unspecified atom stereocenters. The SMILES string of the molecule is Cc1ccc(C2=C3C(=O)NC(c4ccc(Cl)cc4)=C3C(=O)C2)cc1. The lowest BCUT2D eigenvalue weighted by Gasteiger charge is -2.06. The van der Waals surface area contributed by atoms with Crippen molar-refractivity contribution in [3.63, 3.8) is 0 Å². The standard InChI is InChI=1S/C20H14ClNO2/c1-11-2-4-12(5-3-11)15-10-16(23)18-17(15)20(24)22-19(18)13-6-8-14(21)9-7-13/h2-9H,10H2,1H3,(H,22,24). The number of benzene rings is 2. The Labute approximate surface area is 144 Å². The van der Waals surface area contributed by atoms with E-state index in [1.54, 1.807) is 12.1 Å². The highest BCUT2D eigenvalue weighted by Gasteiger charge is 2.40. The van der Waals surface area contributed by atoms with Gasteiger partial charge in [0.15, 0.2) is 5.78 Å². The van der Waals surface area contributed by atoms with Gasteiger partial charge < -0.3 is 5.32 Å². The third kappa shape index (κ3) is 2.29. The molecule has 0 bridgehead atoms. The molecule has 24 heavy (non-hydrogen) atoms. The zero-order valence-corrected chi connectivity index (χ0v) is 13.8. The number of ketones is 1. The van der Waals surface area contributed by atoms with Gasteiger partial charge in [0.05, 0.1) is 16.8 Å². The summed E-state index contributed by atoms with van der Waals surface area (Å²) < 4.78 is 0. The fourth-order valence-corrected chi connectivity index (χ4v) is 3.34. The normalized spacial score (nSPS) is 16.8. The third-order valence-corrected chi connectivity index (χ3v) is 4.67. The van der Waals surface area contributed by atoms with Gasteiger partial charge in [0.1, 0.15) is 0 Å². The Bertz CT molecular complexity index is 855. The predicted octanol–water partition coefficient (Wildman–Crippen LogP) is 3.92. The van der Waals surface area contributed by atoms with Crippen molar-refractivity contribution < 1.29 is 9.59 Å². The van der Waals surface area contributed by atoms with Gasteiger partial charge in [-0.15, -0.1) is 0 Å². The maximum atomic E-state index is 12.6. The monoisotopic (exact) mass is 335 g/mol. The second kappa shape index (κ2) is 5.46. The number of amides is 1. The van der Waals surface area contributed by atoms with Crippen LogP contribution in [-0.4, -0.2) is 11.7 Å². The van der Waals surface area contributed by atoms with Crippen LogP contribution < -0.4 is 5.32 Å². The Kier molecular flexibility index (Phi) is 3.39. The average molecular weight is 336 g/mol. The largest absolute Gasteiger partial charge is 0.321 e. The molecule has 0 aromatic heterocycles. The van der Waals surface area contributed by atoms with E-state index in [9.17, 15) is 9.59 Å². The Morgan fingerprint density at radius 2 is 1.50 bits per heavy atom. The van der Waals surface area contributed by atoms with E-state index in [-0.39, 0.29) is 18.1 Å². The zero-order chi connectivity index (χ0) is 16.8. The number of rotatable bonds is 2. The summed E-state index contributed by atoms with van der Waals surface area (Å²) in [7, 11) is 0. The summed E-state index contributed by atoms with van der Waals surface area (Å²) in [4.78, 5) is 25.1. The van der Waals surface area contributed by atoms with Crippen molar-refractivity contribution in [2.24, 2.45) is 0 Å². The van der Waals surface area contributed by atoms with Crippen LogP contribution in [0.1, 0.15) is 23.1 Å². The van der Waals surface area contributed by atoms with Crippen LogP contribution in [0.2, 0.25) is 5.02 Å². The van der Waals surface area contributed by atoms with Gasteiger partial charge in [-0.1, -0.05) is 53.6 Å². The Hall–Kier alpha value is -2.65. The van der Waals surface area contributed by atoms with E-state index in [4.69, 9.17) is 11.6 Å². The highest BCUT2D eigenvalue weighted by molar-refractivity contribution is 6.32. The number of hydrogen-bond donors (Lipinski definition) is 1. The molecule has 0 saturated carbocycles. The summed E-state index contributed by atoms with van der Waals surface area (Å²) in [5.74, 6) is -0.236. The van der Waals surface area contributed by atoms with Crippen molar-refractivity contribution in [3.05, 3.63) is 81.4 Å². The van der Waals surface area contributed by atoms with E-state index in [1.807, 2.05) is 43.3 Å². The molecule has 1 heterocycles. The summed E-state index contributed by atoms with van der Waals surface area (Å²) in [6, 6.07) is 15.0. The lowest BCUT2D eigenvalue weighted by Crippen LogP contribution is -2.16. The van der Waals surface area contributed by atoms with Crippen LogP contribution in [0.4, 0.5) is 0 Å². The minimum Gasteiger partial charge on any atom is -0.321 e. The van der Waals surface area contributed by atoms with Gasteiger partial charge in [-0.3, -0.25) is 9.59 Å². The topological polar surface area (TPSA) is 46.2 Å². The van der Waals surface area contributed by atoms with E-state index < -0.39 is 0 Å². The summed E-state index contributed by atoms with van der Waals surface area (Å²) in [5.41, 5.74) is 5.24. The average Bonchev–Trinajstić information content (AvgIpc) is 3.08. The molecule has 2 aliphatic rings. The van der Waals surface area contributed by atoms with Crippen molar-refractivity contribution >= 4 is 34.6 Å². The summed E-state index contributed by atoms with van der Waals surface area (Å²) >= 11 is 5.92. The molecule has 4 heteroatoms. The summed E-state index contributed by atoms with van der Waals surface area (Å²) in [6.07, 6.45) is 0.262. The van der Waals surface area contributed by atoms with Crippen molar-refractivity contribution in [2.75, 3.05) is 0 Å². The van der Waals surface area contributed by atoms with Crippen LogP contribution in [-0.2, 0) is 9.59 Å². The maximum absolute atomic E-state index is 12.6. The quantitative estimate of drug-likeness (QED) is 0.904. The fourth-order valence-electron chi connectivity index (χ4n) is 3.22. The maximum Gasteiger partial charge on any atom is 0.256 e. The molecule has 2 aromatic rings. The van der Waals surface area contributed by atoms with Gasteiger partial charge in [0.2, 0.25) is 0 Å². The van der Waals surface area contributed by atoms with Crippen LogP contribution in [0.15, 0.2) is 59.7 Å². The Balaban J connectivity index is 1.88. The summed E-state index contributed by atoms with van der Waals surface area (Å²) in [5, 5.41) is 3.47. The van der Waals surface area contributed by atoms with E-state index in [0.29, 0.717) is 21.9 Å². The van der Waals surface area contributed by atoms with Crippen molar-refractivity contribution in [1.82, 2.24) is 5.32 Å². The van der Waals surface area contributed by atoms with Crippen LogP contribution in [0.5, 0.6) is 0 Å². The van der Waals surface area contributed by atoms with E-state index in [2.05, 4.69) is 5.32 Å². The minimum absolute atomic E-state index is 0.0242. The van der Waals surface area contributed by atoms with Gasteiger partial charge in [-0.25, -0.2) is 0 Å². The minimum atomic E-state index is -0.212. The summed E-state index contributed by atoms with van der Waals surface area (Å²) in [6.45, 7) is 2.01. The van der Waals surface area contributed by atoms with Crippen molar-refractivity contribution in [1.29, 1.82) is 0 Å². The number of carbonyl (C=O) groups is 2. The number of aryl methyl sites for hydroxylation is 1. The highest BCUT2D eigenvalue weighted by atomic mass is 35.5. The fraction of sp³-hybridized carbons (Fsp3) is 0.100. The molecule has 118 valence electrons. The number of nitrogens with one attached hydrogen (secondary N) is 1. The highest BCUT2D eigenvalue weighted by Crippen LogP contribution is 2.42. The van der Waals surface area contributed by atoms with E-state index >= 15 is 0 Å². The molecule has 4 rings (SSSR count). The smallest absolute Gasteiger partial charge is 0.256 e. The van der Waals surface area contributed by atoms with E-state index in [0.717, 1.165) is 22.3 Å².